The molecule has 14 heteroatoms. The van der Waals surface area contributed by atoms with Crippen molar-refractivity contribution in [2.24, 2.45) is 39.4 Å². The summed E-state index contributed by atoms with van der Waals surface area (Å²) in [5, 5.41) is 70.5. The number of fused-ring (bicyclic) bond motifs is 5. The zero-order valence-electron chi connectivity index (χ0n) is 39.4. The number of aliphatic hydroxyl groups excluding tert-OH is 4. The van der Waals surface area contributed by atoms with Crippen LogP contribution in [0.1, 0.15) is 142 Å². The van der Waals surface area contributed by atoms with Crippen molar-refractivity contribution >= 4 is 22.5 Å². The summed E-state index contributed by atoms with van der Waals surface area (Å²) < 4.78 is 27.5. The van der Waals surface area contributed by atoms with Gasteiger partial charge >= 0.3 is 5.97 Å². The minimum atomic E-state index is -1.75. The molecule has 0 amide bonds. The second-order valence-corrected chi connectivity index (χ2v) is 23.9. The van der Waals surface area contributed by atoms with Gasteiger partial charge in [-0.25, -0.2) is 4.79 Å². The highest BCUT2D eigenvalue weighted by molar-refractivity contribution is 6.08. The third-order valence-corrected chi connectivity index (χ3v) is 21.0. The van der Waals surface area contributed by atoms with Crippen LogP contribution in [0, 0.1) is 46.3 Å². The molecule has 8 N–H and O–H groups in total. The molecule has 2 aromatic rings. The number of aliphatic hydroxyl groups is 4. The lowest BCUT2D eigenvalue weighted by Gasteiger charge is -2.72. The number of Topliss-reactive ketones (excluding diaryl/α,β-unsaturated/α-hetero) is 1. The monoisotopic (exact) mass is 936 g/mol. The first-order chi connectivity index (χ1) is 32.6. The normalized spacial score (nSPS) is 44.8. The molecule has 4 bridgehead atoms. The van der Waals surface area contributed by atoms with E-state index in [1.165, 1.54) is 88.0 Å². The van der Waals surface area contributed by atoms with Crippen molar-refractivity contribution in [3.05, 3.63) is 57.7 Å². The van der Waals surface area contributed by atoms with E-state index in [0.29, 0.717) is 60.3 Å². The number of phenols is 1. The van der Waals surface area contributed by atoms with E-state index in [-0.39, 0.29) is 70.3 Å². The summed E-state index contributed by atoms with van der Waals surface area (Å²) in [6.07, 6.45) is 11.3. The van der Waals surface area contributed by atoms with Crippen LogP contribution in [0.25, 0.3) is 10.8 Å². The summed E-state index contributed by atoms with van der Waals surface area (Å²) in [5.41, 5.74) is 10.6. The van der Waals surface area contributed by atoms with Gasteiger partial charge in [-0.1, -0.05) is 31.4 Å². The standard InChI is InChI=1S/C54H68N2O12/c1-27-17-29-18-30(47(63)64)19-37(40(29)42(60)39(27)28(2)58)66-48-43(61)45(62)54-21-34-41-32(36(68-54)10-9-35(59)46(54)67-48)7-8-33(41)52(15-6-16-57)26-65-23-31-20-49-24-51(14-5-13-50(51)11-3-4-12-50)22-38(49)55-56-53(34,25-49)44(31)52/h8,17-19,31,34-36,38,43-46,48,55-57,59-62H,3-7,9-16,20-26H2,1-2H3,(H,63,64)/t31-,34+,35-,36+,38-,43+,44+,45+,46+,48+,49+,51+,52-,53+,54-/m0/s1. The van der Waals surface area contributed by atoms with Gasteiger partial charge in [0.2, 0.25) is 6.29 Å². The lowest BCUT2D eigenvalue weighted by molar-refractivity contribution is -0.337. The molecule has 11 aliphatic rings. The number of hydrazine groups is 1. The van der Waals surface area contributed by atoms with Crippen LogP contribution in [0.3, 0.4) is 0 Å². The number of hydrogen-bond acceptors (Lipinski definition) is 13. The zero-order valence-corrected chi connectivity index (χ0v) is 39.4. The van der Waals surface area contributed by atoms with E-state index >= 15 is 0 Å². The fraction of sp³-hybridized carbons (Fsp3) is 0.704. The molecule has 0 unspecified atom stereocenters. The minimum Gasteiger partial charge on any atom is -0.506 e. The number of carbonyl (C=O) groups excluding carboxylic acids is 1. The van der Waals surface area contributed by atoms with Crippen molar-refractivity contribution in [3.63, 3.8) is 0 Å². The van der Waals surface area contributed by atoms with E-state index < -0.39 is 65.5 Å². The van der Waals surface area contributed by atoms with Crippen molar-refractivity contribution in [1.82, 2.24) is 10.9 Å². The van der Waals surface area contributed by atoms with Gasteiger partial charge in [0.05, 0.1) is 35.3 Å². The second kappa shape index (κ2) is 15.1. The highest BCUT2D eigenvalue weighted by atomic mass is 16.7. The van der Waals surface area contributed by atoms with Gasteiger partial charge in [0.15, 0.2) is 5.78 Å². The molecule has 5 heterocycles. The van der Waals surface area contributed by atoms with Crippen LogP contribution < -0.4 is 15.6 Å². The lowest BCUT2D eigenvalue weighted by Crippen LogP contribution is -2.81. The van der Waals surface area contributed by atoms with Gasteiger partial charge in [0.25, 0.3) is 0 Å². The number of hydrogen-bond donors (Lipinski definition) is 8. The Kier molecular flexibility index (Phi) is 9.85. The Bertz CT molecular complexity index is 2570. The number of carboxylic acids is 1. The number of carboxylic acid groups (broad SMARTS) is 1. The van der Waals surface area contributed by atoms with Crippen molar-refractivity contribution in [1.29, 1.82) is 0 Å². The summed E-state index contributed by atoms with van der Waals surface area (Å²) in [6, 6.07) is 4.52. The maximum absolute atomic E-state index is 13.0. The summed E-state index contributed by atoms with van der Waals surface area (Å²) in [7, 11) is 0. The third-order valence-electron chi connectivity index (χ3n) is 21.0. The smallest absolute Gasteiger partial charge is 0.335 e. The van der Waals surface area contributed by atoms with Gasteiger partial charge in [-0.3, -0.25) is 15.6 Å². The van der Waals surface area contributed by atoms with Crippen LogP contribution in [0.4, 0.5) is 0 Å². The van der Waals surface area contributed by atoms with Gasteiger partial charge in [-0.05, 0) is 172 Å². The molecule has 9 fully saturated rings. The number of carbonyl (C=O) groups is 2. The molecule has 4 saturated heterocycles. The number of nitrogens with one attached hydrogen (secondary N) is 2. The first-order valence-corrected chi connectivity index (χ1v) is 25.9. The van der Waals surface area contributed by atoms with E-state index in [4.69, 9.17) is 18.9 Å². The number of aryl methyl sites for hydroxylation is 1. The van der Waals surface area contributed by atoms with Gasteiger partial charge in [-0.2, -0.15) is 0 Å². The largest absolute Gasteiger partial charge is 0.506 e. The number of rotatable bonds is 7. The van der Waals surface area contributed by atoms with Gasteiger partial charge in [0.1, 0.15) is 35.4 Å². The summed E-state index contributed by atoms with van der Waals surface area (Å²) in [5.74, 6) is -2.04. The molecule has 6 aliphatic carbocycles. The summed E-state index contributed by atoms with van der Waals surface area (Å²) in [4.78, 5) is 25.2. The first-order valence-electron chi connectivity index (χ1n) is 25.9. The van der Waals surface area contributed by atoms with Crippen LogP contribution in [-0.4, -0.2) is 116 Å². The van der Waals surface area contributed by atoms with E-state index in [1.54, 1.807) is 13.0 Å². The molecule has 68 heavy (non-hydrogen) atoms. The Morgan fingerprint density at radius 1 is 0.971 bits per heavy atom. The molecular formula is C54H68N2O12. The SMILES string of the molecule is CC(=O)c1c(C)cc2cc(C(=O)O)cc(O[C@@H]3O[C@@H]4[C@@H](O)CC[C@H]5O[C@@]4(C[C@@H]4C6=C5CC=C6[C@]5(CCCO)COC[C@@H]6C[C@@]78C[C@]4(NN[C@H]7C[C@]4(CCCC47CCCC7)C8)[C@H]65)[C@H](O)[C@H]3O)c2c1O. The van der Waals surface area contributed by atoms with Gasteiger partial charge in [0, 0.05) is 36.1 Å². The fourth-order valence-electron chi connectivity index (χ4n) is 19.0. The predicted octanol–water partition coefficient (Wildman–Crippen LogP) is 6.06. The van der Waals surface area contributed by atoms with Crippen molar-refractivity contribution < 1.29 is 59.2 Å². The molecular weight excluding hydrogens is 869 g/mol. The number of benzene rings is 2. The number of ketones is 1. The second-order valence-electron chi connectivity index (χ2n) is 23.9. The molecule has 5 aliphatic heterocycles. The molecule has 366 valence electrons. The van der Waals surface area contributed by atoms with Crippen molar-refractivity contribution in [2.45, 2.75) is 177 Å². The summed E-state index contributed by atoms with van der Waals surface area (Å²) in [6.45, 7) is 4.31. The highest BCUT2D eigenvalue weighted by Crippen LogP contribution is 2.78. The molecule has 15 atom stereocenters. The first kappa shape index (κ1) is 44.5. The van der Waals surface area contributed by atoms with Crippen LogP contribution in [-0.2, 0) is 14.2 Å². The van der Waals surface area contributed by atoms with Crippen molar-refractivity contribution in [2.75, 3.05) is 19.8 Å². The number of ether oxygens (including phenoxy) is 4. The van der Waals surface area contributed by atoms with Gasteiger partial charge in [-0.15, -0.1) is 0 Å². The summed E-state index contributed by atoms with van der Waals surface area (Å²) >= 11 is 0. The Morgan fingerprint density at radius 2 is 1.76 bits per heavy atom. The van der Waals surface area contributed by atoms with E-state index in [2.05, 4.69) is 16.9 Å². The molecule has 2 aromatic carbocycles. The molecule has 5 saturated carbocycles. The topological polar surface area (TPSA) is 216 Å². The maximum atomic E-state index is 13.0. The molecule has 0 radical (unpaired) electrons. The van der Waals surface area contributed by atoms with E-state index in [0.717, 1.165) is 24.8 Å². The average Bonchev–Trinajstić information content (AvgIpc) is 4.08. The Hall–Kier alpha value is -3.44. The number of allylic oxidation sites excluding steroid dienone is 1. The van der Waals surface area contributed by atoms with Crippen LogP contribution in [0.5, 0.6) is 11.5 Å². The van der Waals surface area contributed by atoms with Crippen molar-refractivity contribution in [3.8, 4) is 11.5 Å². The molecule has 5 spiro atoms. The quantitative estimate of drug-likeness (QED) is 0.148. The number of phenolic OH excluding ortho intramolecular Hbond substituents is 1. The van der Waals surface area contributed by atoms with Crippen LogP contribution in [0.15, 0.2) is 41.0 Å². The van der Waals surface area contributed by atoms with Gasteiger partial charge < -0.3 is 49.6 Å². The minimum absolute atomic E-state index is 0.00572. The highest BCUT2D eigenvalue weighted by Gasteiger charge is 2.77. The number of aromatic hydroxyl groups is 1. The average molecular weight is 937 g/mol. The zero-order chi connectivity index (χ0) is 46.9. The molecule has 0 aromatic heterocycles. The van der Waals surface area contributed by atoms with E-state index in [9.17, 15) is 40.2 Å². The molecule has 14 nitrogen and oxygen atoms in total. The molecule has 13 rings (SSSR count). The fourth-order valence-corrected chi connectivity index (χ4v) is 19.0. The Balaban J connectivity index is 0.931. The van der Waals surface area contributed by atoms with Crippen LogP contribution in [0.2, 0.25) is 0 Å². The lowest BCUT2D eigenvalue weighted by atomic mass is 9.38. The maximum Gasteiger partial charge on any atom is 0.335 e. The van der Waals surface area contributed by atoms with E-state index in [1.807, 2.05) is 0 Å². The Morgan fingerprint density at radius 3 is 2.54 bits per heavy atom. The number of aromatic carboxylic acids is 1. The third kappa shape index (κ3) is 5.67. The Labute approximate surface area is 396 Å². The predicted molar refractivity (Wildman–Crippen MR) is 247 cm³/mol. The van der Waals surface area contributed by atoms with Crippen LogP contribution >= 0.6 is 0 Å².